The van der Waals surface area contributed by atoms with Crippen molar-refractivity contribution in [1.29, 1.82) is 0 Å². The summed E-state index contributed by atoms with van der Waals surface area (Å²) in [4.78, 5) is 2.58. The standard InChI is InChI=1S/C17H34N2O2/c1-4-19(11-16-7-5-10-21-16)13-17(12-18-15(2)3)8-6-9-20-14-17/h15-16,18H,4-14H2,1-3H3. The molecular weight excluding hydrogens is 264 g/mol. The molecule has 4 nitrogen and oxygen atoms in total. The second kappa shape index (κ2) is 8.47. The fourth-order valence-corrected chi connectivity index (χ4v) is 3.51. The highest BCUT2D eigenvalue weighted by molar-refractivity contribution is 4.88. The first kappa shape index (κ1) is 17.2. The van der Waals surface area contributed by atoms with E-state index >= 15 is 0 Å². The molecule has 0 saturated carbocycles. The summed E-state index contributed by atoms with van der Waals surface area (Å²) in [5.41, 5.74) is 0.275. The molecule has 0 radical (unpaired) electrons. The van der Waals surface area contributed by atoms with Gasteiger partial charge in [-0.05, 0) is 32.2 Å². The molecule has 124 valence electrons. The maximum absolute atomic E-state index is 5.84. The normalized spacial score (nSPS) is 30.4. The summed E-state index contributed by atoms with van der Waals surface area (Å²) in [6.07, 6.45) is 5.37. The Morgan fingerprint density at radius 3 is 2.71 bits per heavy atom. The minimum atomic E-state index is 0.275. The van der Waals surface area contributed by atoms with E-state index in [-0.39, 0.29) is 5.41 Å². The Balaban J connectivity index is 1.91. The third-order valence-corrected chi connectivity index (χ3v) is 4.78. The van der Waals surface area contributed by atoms with Crippen LogP contribution in [0.2, 0.25) is 0 Å². The largest absolute Gasteiger partial charge is 0.381 e. The molecule has 2 saturated heterocycles. The van der Waals surface area contributed by atoms with Crippen molar-refractivity contribution in [2.75, 3.05) is 46.0 Å². The van der Waals surface area contributed by atoms with Crippen molar-refractivity contribution >= 4 is 0 Å². The number of nitrogens with zero attached hydrogens (tertiary/aromatic N) is 1. The van der Waals surface area contributed by atoms with Gasteiger partial charge < -0.3 is 19.7 Å². The summed E-state index contributed by atoms with van der Waals surface area (Å²) in [5.74, 6) is 0. The van der Waals surface area contributed by atoms with Gasteiger partial charge in [-0.25, -0.2) is 0 Å². The summed E-state index contributed by atoms with van der Waals surface area (Å²) < 4.78 is 11.7. The second-order valence-corrected chi connectivity index (χ2v) is 7.15. The molecule has 4 heteroatoms. The van der Waals surface area contributed by atoms with Gasteiger partial charge in [-0.3, -0.25) is 0 Å². The second-order valence-electron chi connectivity index (χ2n) is 7.15. The minimum absolute atomic E-state index is 0.275. The van der Waals surface area contributed by atoms with E-state index in [0.29, 0.717) is 12.1 Å². The molecular formula is C17H34N2O2. The first-order chi connectivity index (χ1) is 10.1. The van der Waals surface area contributed by atoms with E-state index in [9.17, 15) is 0 Å². The topological polar surface area (TPSA) is 33.7 Å². The molecule has 0 spiro atoms. The molecule has 2 atom stereocenters. The van der Waals surface area contributed by atoms with Gasteiger partial charge >= 0.3 is 0 Å². The smallest absolute Gasteiger partial charge is 0.0702 e. The van der Waals surface area contributed by atoms with Crippen molar-refractivity contribution in [1.82, 2.24) is 10.2 Å². The van der Waals surface area contributed by atoms with Gasteiger partial charge in [-0.1, -0.05) is 20.8 Å². The van der Waals surface area contributed by atoms with Crippen molar-refractivity contribution < 1.29 is 9.47 Å². The van der Waals surface area contributed by atoms with E-state index in [2.05, 4.69) is 31.0 Å². The van der Waals surface area contributed by atoms with E-state index < -0.39 is 0 Å². The lowest BCUT2D eigenvalue weighted by Crippen LogP contribution is -2.51. The summed E-state index contributed by atoms with van der Waals surface area (Å²) in [7, 11) is 0. The number of hydrogen-bond donors (Lipinski definition) is 1. The first-order valence-corrected chi connectivity index (χ1v) is 8.79. The van der Waals surface area contributed by atoms with Gasteiger partial charge in [0.25, 0.3) is 0 Å². The van der Waals surface area contributed by atoms with Crippen molar-refractivity contribution in [3.63, 3.8) is 0 Å². The van der Waals surface area contributed by atoms with Gasteiger partial charge in [0.2, 0.25) is 0 Å². The van der Waals surface area contributed by atoms with Crippen LogP contribution in [0.5, 0.6) is 0 Å². The Labute approximate surface area is 130 Å². The third-order valence-electron chi connectivity index (χ3n) is 4.78. The molecule has 2 rings (SSSR count). The van der Waals surface area contributed by atoms with Crippen molar-refractivity contribution in [3.05, 3.63) is 0 Å². The first-order valence-electron chi connectivity index (χ1n) is 8.79. The number of nitrogens with one attached hydrogen (secondary N) is 1. The molecule has 0 bridgehead atoms. The molecule has 0 aromatic carbocycles. The fraction of sp³-hybridized carbons (Fsp3) is 1.00. The maximum atomic E-state index is 5.84. The van der Waals surface area contributed by atoms with Crippen LogP contribution in [0.1, 0.15) is 46.5 Å². The molecule has 2 unspecified atom stereocenters. The predicted octanol–water partition coefficient (Wildman–Crippen LogP) is 2.28. The molecule has 2 aliphatic heterocycles. The van der Waals surface area contributed by atoms with Gasteiger partial charge in [-0.2, -0.15) is 0 Å². The van der Waals surface area contributed by atoms with E-state index in [1.54, 1.807) is 0 Å². The van der Waals surface area contributed by atoms with Crippen LogP contribution in [0.15, 0.2) is 0 Å². The number of rotatable bonds is 8. The molecule has 0 aliphatic carbocycles. The quantitative estimate of drug-likeness (QED) is 0.745. The van der Waals surface area contributed by atoms with Crippen molar-refractivity contribution in [3.8, 4) is 0 Å². The molecule has 0 aromatic heterocycles. The van der Waals surface area contributed by atoms with Crippen LogP contribution in [0.4, 0.5) is 0 Å². The summed E-state index contributed by atoms with van der Waals surface area (Å²) >= 11 is 0. The lowest BCUT2D eigenvalue weighted by molar-refractivity contribution is -0.0334. The van der Waals surface area contributed by atoms with Gasteiger partial charge in [0.15, 0.2) is 0 Å². The lowest BCUT2D eigenvalue weighted by atomic mass is 9.81. The van der Waals surface area contributed by atoms with Crippen LogP contribution in [0, 0.1) is 5.41 Å². The van der Waals surface area contributed by atoms with E-state index in [4.69, 9.17) is 9.47 Å². The molecule has 21 heavy (non-hydrogen) atoms. The van der Waals surface area contributed by atoms with Gasteiger partial charge in [-0.15, -0.1) is 0 Å². The molecule has 1 N–H and O–H groups in total. The van der Waals surface area contributed by atoms with Crippen LogP contribution in [0.3, 0.4) is 0 Å². The zero-order valence-corrected chi connectivity index (χ0v) is 14.2. The van der Waals surface area contributed by atoms with Gasteiger partial charge in [0, 0.05) is 44.3 Å². The van der Waals surface area contributed by atoms with Crippen molar-refractivity contribution in [2.24, 2.45) is 5.41 Å². The highest BCUT2D eigenvalue weighted by atomic mass is 16.5. The monoisotopic (exact) mass is 298 g/mol. The SMILES string of the molecule is CCN(CC1CCCO1)CC1(CNC(C)C)CCCOC1. The van der Waals surface area contributed by atoms with Crippen LogP contribution in [0.25, 0.3) is 0 Å². The fourth-order valence-electron chi connectivity index (χ4n) is 3.51. The maximum Gasteiger partial charge on any atom is 0.0702 e. The van der Waals surface area contributed by atoms with Gasteiger partial charge in [0.05, 0.1) is 12.7 Å². The Bertz CT molecular complexity index is 285. The van der Waals surface area contributed by atoms with E-state index in [0.717, 1.165) is 46.0 Å². The van der Waals surface area contributed by atoms with Crippen LogP contribution >= 0.6 is 0 Å². The summed E-state index contributed by atoms with van der Waals surface area (Å²) in [6, 6.07) is 0.539. The molecule has 0 aromatic rings. The average molecular weight is 298 g/mol. The zero-order valence-electron chi connectivity index (χ0n) is 14.2. The molecule has 2 aliphatic rings. The Morgan fingerprint density at radius 2 is 2.14 bits per heavy atom. The van der Waals surface area contributed by atoms with Gasteiger partial charge in [0.1, 0.15) is 0 Å². The Morgan fingerprint density at radius 1 is 1.29 bits per heavy atom. The summed E-state index contributed by atoms with van der Waals surface area (Å²) in [5, 5.41) is 3.64. The van der Waals surface area contributed by atoms with Crippen molar-refractivity contribution in [2.45, 2.75) is 58.6 Å². The van der Waals surface area contributed by atoms with E-state index in [1.165, 1.54) is 25.7 Å². The predicted molar refractivity (Wildman–Crippen MR) is 86.7 cm³/mol. The zero-order chi connectivity index (χ0) is 15.1. The average Bonchev–Trinajstić information content (AvgIpc) is 2.98. The lowest BCUT2D eigenvalue weighted by Gasteiger charge is -2.41. The third kappa shape index (κ3) is 5.51. The number of hydrogen-bond acceptors (Lipinski definition) is 4. The van der Waals surface area contributed by atoms with Crippen LogP contribution < -0.4 is 5.32 Å². The highest BCUT2D eigenvalue weighted by Crippen LogP contribution is 2.30. The summed E-state index contributed by atoms with van der Waals surface area (Å²) in [6.45, 7) is 13.9. The van der Waals surface area contributed by atoms with Crippen LogP contribution in [-0.4, -0.2) is 63.0 Å². The highest BCUT2D eigenvalue weighted by Gasteiger charge is 2.35. The minimum Gasteiger partial charge on any atom is -0.381 e. The molecule has 0 amide bonds. The van der Waals surface area contributed by atoms with Crippen LogP contribution in [-0.2, 0) is 9.47 Å². The number of ether oxygens (including phenoxy) is 2. The Kier molecular flexibility index (Phi) is 6.93. The Hall–Kier alpha value is -0.160. The molecule has 2 heterocycles. The number of likely N-dealkylation sites (N-methyl/N-ethyl adjacent to an activating group) is 1. The van der Waals surface area contributed by atoms with E-state index in [1.807, 2.05) is 0 Å². The molecule has 2 fully saturated rings.